The highest BCUT2D eigenvalue weighted by molar-refractivity contribution is 6.04. The van der Waals surface area contributed by atoms with Crippen LogP contribution < -0.4 is 15.0 Å². The van der Waals surface area contributed by atoms with E-state index in [4.69, 9.17) is 30.8 Å². The third kappa shape index (κ3) is 5.25. The van der Waals surface area contributed by atoms with Crippen LogP contribution >= 0.6 is 0 Å². The Labute approximate surface area is 266 Å². The van der Waals surface area contributed by atoms with E-state index in [0.29, 0.717) is 57.4 Å². The Balaban J connectivity index is 1.24. The number of halogens is 1. The number of ether oxygens (including phenoxy) is 2. The van der Waals surface area contributed by atoms with Gasteiger partial charge in [-0.15, -0.1) is 6.42 Å². The Hall–Kier alpha value is -4.55. The summed E-state index contributed by atoms with van der Waals surface area (Å²) in [4.78, 5) is 19.2. The van der Waals surface area contributed by atoms with Crippen LogP contribution in [0.15, 0.2) is 30.3 Å². The molecule has 8 rings (SSSR count). The van der Waals surface area contributed by atoms with E-state index in [-0.39, 0.29) is 28.4 Å². The fourth-order valence-electron chi connectivity index (χ4n) is 7.32. The van der Waals surface area contributed by atoms with Crippen molar-refractivity contribution in [2.45, 2.75) is 37.8 Å². The van der Waals surface area contributed by atoms with Crippen molar-refractivity contribution in [1.29, 1.82) is 5.26 Å². The van der Waals surface area contributed by atoms with Crippen LogP contribution in [0, 0.1) is 34.9 Å². The van der Waals surface area contributed by atoms with Crippen LogP contribution in [0.1, 0.15) is 36.9 Å². The number of aromatic nitrogens is 3. The van der Waals surface area contributed by atoms with E-state index >= 15 is 0 Å². The zero-order valence-corrected chi connectivity index (χ0v) is 25.4. The van der Waals surface area contributed by atoms with Crippen LogP contribution in [-0.4, -0.2) is 89.6 Å². The van der Waals surface area contributed by atoms with E-state index in [9.17, 15) is 14.8 Å². The van der Waals surface area contributed by atoms with Crippen molar-refractivity contribution in [3.63, 3.8) is 0 Å². The van der Waals surface area contributed by atoms with E-state index in [2.05, 4.69) is 27.1 Å². The normalized spacial score (nSPS) is 22.1. The molecule has 2 atom stereocenters. The van der Waals surface area contributed by atoms with Gasteiger partial charge in [0.2, 0.25) is 0 Å². The minimum atomic E-state index is -0.561. The molecule has 0 amide bonds. The summed E-state index contributed by atoms with van der Waals surface area (Å²) in [6.45, 7) is 6.33. The number of morpholine rings is 1. The van der Waals surface area contributed by atoms with Crippen molar-refractivity contribution in [3.05, 3.63) is 47.4 Å². The number of hydrogen-bond acceptors (Lipinski definition) is 10. The molecule has 3 aliphatic heterocycles. The number of benzene rings is 2. The van der Waals surface area contributed by atoms with E-state index in [0.717, 1.165) is 71.6 Å². The lowest BCUT2D eigenvalue weighted by Gasteiger charge is -2.34. The zero-order valence-electron chi connectivity index (χ0n) is 25.4. The summed E-state index contributed by atoms with van der Waals surface area (Å²) in [7, 11) is 0. The van der Waals surface area contributed by atoms with Crippen molar-refractivity contribution in [3.8, 4) is 41.3 Å². The number of aromatic hydroxyl groups is 1. The maximum Gasteiger partial charge on any atom is 0.319 e. The van der Waals surface area contributed by atoms with Crippen LogP contribution in [0.5, 0.6) is 11.8 Å². The van der Waals surface area contributed by atoms with Crippen LogP contribution in [0.25, 0.3) is 32.9 Å². The number of phenols is 1. The predicted octanol–water partition coefficient (Wildman–Crippen LogP) is 3.97. The van der Waals surface area contributed by atoms with Crippen molar-refractivity contribution in [2.75, 3.05) is 57.4 Å². The summed E-state index contributed by atoms with van der Waals surface area (Å²) in [6, 6.07) is 10.8. The van der Waals surface area contributed by atoms with Crippen LogP contribution in [0.2, 0.25) is 0 Å². The molecule has 2 N–H and O–H groups in total. The smallest absolute Gasteiger partial charge is 0.319 e. The van der Waals surface area contributed by atoms with Gasteiger partial charge in [0.05, 0.1) is 30.9 Å². The van der Waals surface area contributed by atoms with Gasteiger partial charge in [-0.2, -0.15) is 15.2 Å². The lowest BCUT2D eigenvalue weighted by molar-refractivity contribution is 0.0231. The monoisotopic (exact) mass is 619 g/mol. The van der Waals surface area contributed by atoms with Gasteiger partial charge in [0.1, 0.15) is 28.8 Å². The number of rotatable bonds is 7. The van der Waals surface area contributed by atoms with Crippen LogP contribution in [0.4, 0.5) is 10.2 Å². The van der Waals surface area contributed by atoms with Gasteiger partial charge >= 0.3 is 6.01 Å². The summed E-state index contributed by atoms with van der Waals surface area (Å²) >= 11 is 0. The maximum absolute atomic E-state index is 14.9. The average molecular weight is 620 g/mol. The molecule has 4 aliphatic rings. The Bertz CT molecular complexity index is 1930. The Morgan fingerprint density at radius 1 is 1.09 bits per heavy atom. The number of pyridine rings is 1. The molecular weight excluding hydrogens is 585 g/mol. The average Bonchev–Trinajstić information content (AvgIpc) is 3.76. The lowest BCUT2D eigenvalue weighted by Crippen LogP contribution is -2.51. The van der Waals surface area contributed by atoms with Gasteiger partial charge in [-0.3, -0.25) is 4.90 Å². The second-order valence-electron chi connectivity index (χ2n) is 13.1. The first kappa shape index (κ1) is 28.9. The molecule has 0 spiro atoms. The molecule has 1 aliphatic carbocycles. The van der Waals surface area contributed by atoms with E-state index in [1.165, 1.54) is 18.2 Å². The molecule has 10 nitrogen and oxygen atoms in total. The van der Waals surface area contributed by atoms with Gasteiger partial charge in [0.15, 0.2) is 5.82 Å². The van der Waals surface area contributed by atoms with E-state index in [1.807, 2.05) is 0 Å². The molecule has 5 heterocycles. The minimum Gasteiger partial charge on any atom is -0.508 e. The summed E-state index contributed by atoms with van der Waals surface area (Å²) in [6.07, 6.45) is 10.1. The zero-order chi connectivity index (χ0) is 31.4. The topological polar surface area (TPSA) is 120 Å². The summed E-state index contributed by atoms with van der Waals surface area (Å²) < 4.78 is 26.9. The first-order valence-electron chi connectivity index (χ1n) is 15.9. The van der Waals surface area contributed by atoms with Crippen LogP contribution in [-0.2, 0) is 4.74 Å². The fraction of sp³-hybridized carbons (Fsp3) is 0.429. The highest BCUT2D eigenvalue weighted by Gasteiger charge is 2.45. The van der Waals surface area contributed by atoms with Crippen molar-refractivity contribution in [2.24, 2.45) is 5.41 Å². The highest BCUT2D eigenvalue weighted by atomic mass is 19.1. The number of terminal acetylenes is 1. The molecule has 4 fully saturated rings. The lowest BCUT2D eigenvalue weighted by atomic mass is 9.93. The first-order chi connectivity index (χ1) is 22.4. The number of anilines is 1. The SMILES string of the molecule is C#Cc1c(F)ccc2cc(O)cc(-c3cc4nc(OCC5(CN6CCOCC6)CC5)nc(N5CC6CCC(C5)N6)c4nc3C#N)c12. The number of hydrogen-bond donors (Lipinski definition) is 2. The second-order valence-corrected chi connectivity index (χ2v) is 13.1. The molecule has 1 saturated carbocycles. The third-order valence-corrected chi connectivity index (χ3v) is 9.87. The van der Waals surface area contributed by atoms with Gasteiger partial charge in [-0.1, -0.05) is 12.0 Å². The van der Waals surface area contributed by atoms with Gasteiger partial charge in [0.25, 0.3) is 0 Å². The largest absolute Gasteiger partial charge is 0.508 e. The second kappa shape index (κ2) is 11.4. The summed E-state index contributed by atoms with van der Waals surface area (Å²) in [5.74, 6) is 2.49. The first-order valence-corrected chi connectivity index (χ1v) is 15.9. The molecule has 46 heavy (non-hydrogen) atoms. The standard InChI is InChI=1S/C35H34FN7O3/c1-2-25-28(36)6-3-21-13-24(44)14-27(31(21)25)26-15-29-32(39-30(26)16-37)33(43-17-22-4-5-23(18-43)38-22)41-34(40-29)46-20-35(7-8-35)19-42-9-11-45-12-10-42/h1,3,6,13-15,22-23,38,44H,4-5,7-12,17-20H2. The van der Waals surface area contributed by atoms with Crippen molar-refractivity contribution >= 4 is 27.6 Å². The molecule has 11 heteroatoms. The van der Waals surface area contributed by atoms with Gasteiger partial charge in [0, 0.05) is 61.2 Å². The third-order valence-electron chi connectivity index (χ3n) is 9.87. The summed E-state index contributed by atoms with van der Waals surface area (Å²) in [5, 5.41) is 25.6. The molecular formula is C35H34FN7O3. The molecule has 2 unspecified atom stereocenters. The quantitative estimate of drug-likeness (QED) is 0.294. The molecule has 2 aromatic carbocycles. The Morgan fingerprint density at radius 3 is 2.59 bits per heavy atom. The maximum atomic E-state index is 14.9. The number of piperazine rings is 1. The van der Waals surface area contributed by atoms with E-state index < -0.39 is 5.82 Å². The van der Waals surface area contributed by atoms with Gasteiger partial charge < -0.3 is 24.8 Å². The van der Waals surface area contributed by atoms with E-state index in [1.54, 1.807) is 12.1 Å². The molecule has 2 aromatic heterocycles. The highest BCUT2D eigenvalue weighted by Crippen LogP contribution is 2.47. The number of fused-ring (bicyclic) bond motifs is 4. The predicted molar refractivity (Wildman–Crippen MR) is 171 cm³/mol. The number of nitrogens with one attached hydrogen (secondary N) is 1. The number of phenolic OH excluding ortho intramolecular Hbond substituents is 1. The number of nitrogens with zero attached hydrogens (tertiary/aromatic N) is 6. The van der Waals surface area contributed by atoms with Crippen molar-refractivity contribution < 1.29 is 19.0 Å². The van der Waals surface area contributed by atoms with Crippen molar-refractivity contribution in [1.82, 2.24) is 25.2 Å². The Kier molecular flexibility index (Phi) is 7.13. The molecule has 4 aromatic rings. The molecule has 3 saturated heterocycles. The number of nitriles is 1. The fourth-order valence-corrected chi connectivity index (χ4v) is 7.32. The minimum absolute atomic E-state index is 0.0419. The van der Waals surface area contributed by atoms with Gasteiger partial charge in [-0.25, -0.2) is 9.37 Å². The molecule has 2 bridgehead atoms. The Morgan fingerprint density at radius 2 is 1.87 bits per heavy atom. The van der Waals surface area contributed by atoms with Crippen LogP contribution in [0.3, 0.4) is 0 Å². The van der Waals surface area contributed by atoms with Gasteiger partial charge in [-0.05, 0) is 60.9 Å². The molecule has 234 valence electrons. The molecule has 0 radical (unpaired) electrons. The summed E-state index contributed by atoms with van der Waals surface area (Å²) in [5.41, 5.74) is 2.00.